The summed E-state index contributed by atoms with van der Waals surface area (Å²) in [5, 5.41) is 3.05. The van der Waals surface area contributed by atoms with Gasteiger partial charge in [-0.15, -0.1) is 0 Å². The zero-order valence-corrected chi connectivity index (χ0v) is 9.29. The van der Waals surface area contributed by atoms with Crippen LogP contribution < -0.4 is 5.32 Å². The van der Waals surface area contributed by atoms with Crippen molar-refractivity contribution < 1.29 is 4.79 Å². The summed E-state index contributed by atoms with van der Waals surface area (Å²) in [6.07, 6.45) is 2.29. The highest BCUT2D eigenvalue weighted by atomic mass is 16.1. The Morgan fingerprint density at radius 1 is 1.40 bits per heavy atom. The van der Waals surface area contributed by atoms with E-state index >= 15 is 0 Å². The maximum Gasteiger partial charge on any atom is 0.217 e. The minimum absolute atomic E-state index is 0.0588. The van der Waals surface area contributed by atoms with E-state index in [-0.39, 0.29) is 11.9 Å². The zero-order chi connectivity index (χ0) is 10.8. The van der Waals surface area contributed by atoms with Crippen LogP contribution in [-0.2, 0) is 11.2 Å². The van der Waals surface area contributed by atoms with Gasteiger partial charge in [0.25, 0.3) is 0 Å². The lowest BCUT2D eigenvalue weighted by atomic mass is 9.81. The average molecular weight is 203 g/mol. The molecule has 1 N–H and O–H groups in total. The fourth-order valence-corrected chi connectivity index (χ4v) is 2.36. The summed E-state index contributed by atoms with van der Waals surface area (Å²) in [6.45, 7) is 3.79. The molecular weight excluding hydrogens is 186 g/mol. The van der Waals surface area contributed by atoms with Crippen LogP contribution in [0.5, 0.6) is 0 Å². The summed E-state index contributed by atoms with van der Waals surface area (Å²) >= 11 is 0. The Hall–Kier alpha value is -1.31. The van der Waals surface area contributed by atoms with Crippen molar-refractivity contribution in [2.75, 3.05) is 0 Å². The second kappa shape index (κ2) is 4.05. The lowest BCUT2D eigenvalue weighted by Crippen LogP contribution is -2.33. The van der Waals surface area contributed by atoms with Gasteiger partial charge in [0.05, 0.1) is 6.04 Å². The normalized spacial score (nSPS) is 24.4. The van der Waals surface area contributed by atoms with Crippen molar-refractivity contribution in [1.29, 1.82) is 0 Å². The summed E-state index contributed by atoms with van der Waals surface area (Å²) < 4.78 is 0. The van der Waals surface area contributed by atoms with Crippen LogP contribution in [0.1, 0.15) is 37.4 Å². The second-order valence-electron chi connectivity index (χ2n) is 4.39. The van der Waals surface area contributed by atoms with Crippen molar-refractivity contribution in [3.05, 3.63) is 35.4 Å². The number of rotatable bonds is 1. The molecule has 15 heavy (non-hydrogen) atoms. The van der Waals surface area contributed by atoms with E-state index in [1.165, 1.54) is 11.1 Å². The minimum Gasteiger partial charge on any atom is -0.349 e. The number of hydrogen-bond acceptors (Lipinski definition) is 1. The molecule has 2 atom stereocenters. The van der Waals surface area contributed by atoms with Crippen LogP contribution in [0, 0.1) is 5.92 Å². The first-order chi connectivity index (χ1) is 7.18. The molecule has 1 amide bonds. The number of amides is 1. The number of nitrogens with one attached hydrogen (secondary N) is 1. The molecule has 0 fully saturated rings. The SMILES string of the molecule is CC(=O)NC1c2ccccc2CCC1C. The van der Waals surface area contributed by atoms with Crippen LogP contribution in [0.15, 0.2) is 24.3 Å². The van der Waals surface area contributed by atoms with E-state index in [0.717, 1.165) is 12.8 Å². The maximum atomic E-state index is 11.2. The van der Waals surface area contributed by atoms with Crippen molar-refractivity contribution in [2.45, 2.75) is 32.7 Å². The molecule has 2 nitrogen and oxygen atoms in total. The van der Waals surface area contributed by atoms with Crippen LogP contribution in [0.25, 0.3) is 0 Å². The molecule has 1 aliphatic carbocycles. The van der Waals surface area contributed by atoms with Crippen molar-refractivity contribution in [2.24, 2.45) is 5.92 Å². The molecule has 0 spiro atoms. The molecule has 0 bridgehead atoms. The highest BCUT2D eigenvalue weighted by Gasteiger charge is 2.26. The van der Waals surface area contributed by atoms with E-state index in [1.807, 2.05) is 6.07 Å². The van der Waals surface area contributed by atoms with E-state index in [4.69, 9.17) is 0 Å². The van der Waals surface area contributed by atoms with E-state index in [9.17, 15) is 4.79 Å². The van der Waals surface area contributed by atoms with Crippen molar-refractivity contribution in [1.82, 2.24) is 5.32 Å². The molecule has 1 aliphatic rings. The first-order valence-electron chi connectivity index (χ1n) is 5.53. The van der Waals surface area contributed by atoms with Crippen LogP contribution in [0.3, 0.4) is 0 Å². The summed E-state index contributed by atoms with van der Waals surface area (Å²) in [5.41, 5.74) is 2.68. The lowest BCUT2D eigenvalue weighted by Gasteiger charge is -2.31. The van der Waals surface area contributed by atoms with Gasteiger partial charge >= 0.3 is 0 Å². The number of aryl methyl sites for hydroxylation is 1. The third-order valence-electron chi connectivity index (χ3n) is 3.19. The molecule has 2 rings (SSSR count). The van der Waals surface area contributed by atoms with Crippen molar-refractivity contribution in [3.63, 3.8) is 0 Å². The van der Waals surface area contributed by atoms with Gasteiger partial charge in [0, 0.05) is 6.92 Å². The molecule has 0 saturated carbocycles. The van der Waals surface area contributed by atoms with Crippen LogP contribution in [0.2, 0.25) is 0 Å². The molecule has 0 aliphatic heterocycles. The first-order valence-corrected chi connectivity index (χ1v) is 5.53. The van der Waals surface area contributed by atoms with Crippen molar-refractivity contribution in [3.8, 4) is 0 Å². The van der Waals surface area contributed by atoms with Crippen LogP contribution in [-0.4, -0.2) is 5.91 Å². The summed E-state index contributed by atoms with van der Waals surface area (Å²) in [7, 11) is 0. The topological polar surface area (TPSA) is 29.1 Å². The maximum absolute atomic E-state index is 11.2. The monoisotopic (exact) mass is 203 g/mol. The molecule has 0 saturated heterocycles. The molecule has 1 aromatic carbocycles. The predicted molar refractivity (Wildman–Crippen MR) is 60.5 cm³/mol. The summed E-state index contributed by atoms with van der Waals surface area (Å²) in [6, 6.07) is 8.61. The van der Waals surface area contributed by atoms with E-state index in [1.54, 1.807) is 6.92 Å². The Labute approximate surface area is 90.7 Å². The third-order valence-corrected chi connectivity index (χ3v) is 3.19. The van der Waals surface area contributed by atoms with Gasteiger partial charge < -0.3 is 5.32 Å². The quantitative estimate of drug-likeness (QED) is 0.746. The van der Waals surface area contributed by atoms with E-state index in [0.29, 0.717) is 5.92 Å². The average Bonchev–Trinajstić information content (AvgIpc) is 2.22. The molecule has 1 aromatic rings. The first kappa shape index (κ1) is 10.2. The van der Waals surface area contributed by atoms with Gasteiger partial charge in [0.15, 0.2) is 0 Å². The molecule has 2 heteroatoms. The Bertz CT molecular complexity index is 373. The Morgan fingerprint density at radius 3 is 2.87 bits per heavy atom. The third kappa shape index (κ3) is 2.04. The van der Waals surface area contributed by atoms with E-state index in [2.05, 4.69) is 30.4 Å². The number of carbonyl (C=O) groups excluding carboxylic acids is 1. The second-order valence-corrected chi connectivity index (χ2v) is 4.39. The molecule has 2 unspecified atom stereocenters. The summed E-state index contributed by atoms with van der Waals surface area (Å²) in [5.74, 6) is 0.590. The van der Waals surface area contributed by atoms with Crippen LogP contribution in [0.4, 0.5) is 0 Å². The molecular formula is C13H17NO. The highest BCUT2D eigenvalue weighted by Crippen LogP contribution is 2.33. The van der Waals surface area contributed by atoms with Crippen LogP contribution >= 0.6 is 0 Å². The standard InChI is InChI=1S/C13H17NO/c1-9-7-8-11-5-3-4-6-12(11)13(9)14-10(2)15/h3-6,9,13H,7-8H2,1-2H3,(H,14,15). The number of fused-ring (bicyclic) bond motifs is 1. The zero-order valence-electron chi connectivity index (χ0n) is 9.29. The molecule has 0 aromatic heterocycles. The Morgan fingerprint density at radius 2 is 2.13 bits per heavy atom. The number of hydrogen-bond donors (Lipinski definition) is 1. The fourth-order valence-electron chi connectivity index (χ4n) is 2.36. The number of carbonyl (C=O) groups is 1. The fraction of sp³-hybridized carbons (Fsp3) is 0.462. The molecule has 80 valence electrons. The largest absolute Gasteiger partial charge is 0.349 e. The van der Waals surface area contributed by atoms with Gasteiger partial charge in [-0.3, -0.25) is 4.79 Å². The highest BCUT2D eigenvalue weighted by molar-refractivity contribution is 5.73. The smallest absolute Gasteiger partial charge is 0.217 e. The van der Waals surface area contributed by atoms with Gasteiger partial charge in [0.2, 0.25) is 5.91 Å². The summed E-state index contributed by atoms with van der Waals surface area (Å²) in [4.78, 5) is 11.2. The molecule has 0 heterocycles. The Balaban J connectivity index is 2.32. The Kier molecular flexibility index (Phi) is 2.76. The predicted octanol–water partition coefficient (Wildman–Crippen LogP) is 2.45. The van der Waals surface area contributed by atoms with Crippen molar-refractivity contribution >= 4 is 5.91 Å². The molecule has 0 radical (unpaired) electrons. The van der Waals surface area contributed by atoms with Gasteiger partial charge in [-0.2, -0.15) is 0 Å². The van der Waals surface area contributed by atoms with Gasteiger partial charge in [-0.25, -0.2) is 0 Å². The lowest BCUT2D eigenvalue weighted by molar-refractivity contribution is -0.120. The minimum atomic E-state index is 0.0588. The number of benzene rings is 1. The van der Waals surface area contributed by atoms with E-state index < -0.39 is 0 Å². The van der Waals surface area contributed by atoms with Gasteiger partial charge in [0.1, 0.15) is 0 Å². The van der Waals surface area contributed by atoms with Gasteiger partial charge in [-0.1, -0.05) is 31.2 Å². The van der Waals surface area contributed by atoms with Gasteiger partial charge in [-0.05, 0) is 29.9 Å².